The van der Waals surface area contributed by atoms with E-state index < -0.39 is 27.9 Å². The molecule has 0 heterocycles. The van der Waals surface area contributed by atoms with Crippen molar-refractivity contribution in [2.24, 2.45) is 5.73 Å². The van der Waals surface area contributed by atoms with Gasteiger partial charge in [0.1, 0.15) is 5.25 Å². The Balaban J connectivity index is 3.18. The third kappa shape index (κ3) is 3.17. The summed E-state index contributed by atoms with van der Waals surface area (Å²) in [7, 11) is -1.65. The van der Waals surface area contributed by atoms with E-state index in [1.165, 1.54) is 18.2 Å². The van der Waals surface area contributed by atoms with Gasteiger partial charge in [0.05, 0.1) is 16.4 Å². The minimum Gasteiger partial charge on any atom is -0.478 e. The van der Waals surface area contributed by atoms with Crippen molar-refractivity contribution in [2.75, 3.05) is 0 Å². The van der Waals surface area contributed by atoms with Crippen molar-refractivity contribution in [1.82, 2.24) is 0 Å². The van der Waals surface area contributed by atoms with Gasteiger partial charge >= 0.3 is 5.97 Å². The number of halogens is 1. The molecule has 2 atom stereocenters. The van der Waals surface area contributed by atoms with Crippen molar-refractivity contribution >= 4 is 38.6 Å². The molecule has 0 fully saturated rings. The number of benzene rings is 1. The Labute approximate surface area is 115 Å². The molecule has 5 nitrogen and oxygen atoms in total. The van der Waals surface area contributed by atoms with Crippen LogP contribution >= 0.6 is 15.9 Å². The number of carbonyl (C=O) groups excluding carboxylic acids is 1. The molecule has 0 aliphatic heterocycles. The third-order valence-corrected chi connectivity index (χ3v) is 4.84. The van der Waals surface area contributed by atoms with Gasteiger partial charge in [-0.25, -0.2) is 4.79 Å². The van der Waals surface area contributed by atoms with E-state index in [2.05, 4.69) is 15.9 Å². The maximum atomic E-state index is 12.1. The van der Waals surface area contributed by atoms with E-state index in [4.69, 9.17) is 10.8 Å². The van der Waals surface area contributed by atoms with E-state index in [9.17, 15) is 13.8 Å². The van der Waals surface area contributed by atoms with E-state index in [1.54, 1.807) is 6.92 Å². The van der Waals surface area contributed by atoms with Crippen LogP contribution in [0.3, 0.4) is 0 Å². The molecule has 1 rings (SSSR count). The van der Waals surface area contributed by atoms with E-state index in [0.29, 0.717) is 10.9 Å². The summed E-state index contributed by atoms with van der Waals surface area (Å²) in [4.78, 5) is 22.4. The normalized spacial score (nSPS) is 13.9. The first-order valence-electron chi connectivity index (χ1n) is 5.11. The highest BCUT2D eigenvalue weighted by molar-refractivity contribution is 9.10. The molecule has 1 aromatic rings. The first kappa shape index (κ1) is 14.8. The summed E-state index contributed by atoms with van der Waals surface area (Å²) in [5, 5.41) is 8.14. The molecule has 1 amide bonds. The predicted octanol–water partition coefficient (Wildman–Crippen LogP) is 1.52. The number of hydrogen-bond donors (Lipinski definition) is 2. The number of nitrogens with two attached hydrogens (primary N) is 1. The topological polar surface area (TPSA) is 97.5 Å². The van der Waals surface area contributed by atoms with E-state index in [0.717, 1.165) is 0 Å². The Morgan fingerprint density at radius 2 is 2.11 bits per heavy atom. The fourth-order valence-corrected chi connectivity index (χ4v) is 3.11. The highest BCUT2D eigenvalue weighted by atomic mass is 79.9. The summed E-state index contributed by atoms with van der Waals surface area (Å²) in [5.41, 5.74) is 5.16. The molecule has 0 aliphatic rings. The maximum Gasteiger partial charge on any atom is 0.336 e. The predicted molar refractivity (Wildman–Crippen MR) is 70.8 cm³/mol. The number of carboxylic acids is 1. The molecule has 0 saturated heterocycles. The van der Waals surface area contributed by atoms with Gasteiger partial charge in [0.25, 0.3) is 0 Å². The van der Waals surface area contributed by atoms with Crippen LogP contribution in [0, 0.1) is 0 Å². The van der Waals surface area contributed by atoms with Gasteiger partial charge in [0, 0.05) is 9.37 Å². The zero-order valence-corrected chi connectivity index (χ0v) is 12.0. The molecule has 2 unspecified atom stereocenters. The summed E-state index contributed by atoms with van der Waals surface area (Å²) >= 11 is 3.09. The number of hydrogen-bond acceptors (Lipinski definition) is 3. The maximum absolute atomic E-state index is 12.1. The molecule has 7 heteroatoms. The molecule has 0 aromatic heterocycles. The Bertz CT molecular complexity index is 518. The van der Waals surface area contributed by atoms with Crippen molar-refractivity contribution in [3.05, 3.63) is 28.2 Å². The lowest BCUT2D eigenvalue weighted by molar-refractivity contribution is -0.117. The highest BCUT2D eigenvalue weighted by Gasteiger charge is 2.23. The Morgan fingerprint density at radius 1 is 1.50 bits per heavy atom. The lowest BCUT2D eigenvalue weighted by Gasteiger charge is -2.11. The molecule has 98 valence electrons. The van der Waals surface area contributed by atoms with Crippen LogP contribution in [0.25, 0.3) is 0 Å². The van der Waals surface area contributed by atoms with Crippen molar-refractivity contribution in [3.63, 3.8) is 0 Å². The first-order chi connectivity index (χ1) is 8.38. The van der Waals surface area contributed by atoms with Crippen LogP contribution in [-0.2, 0) is 15.6 Å². The lowest BCUT2D eigenvalue weighted by Crippen LogP contribution is -2.31. The summed E-state index contributed by atoms with van der Waals surface area (Å²) in [5.74, 6) is -1.79. The summed E-state index contributed by atoms with van der Waals surface area (Å²) in [6, 6.07) is 4.29. The Hall–Kier alpha value is -1.21. The molecule has 1 aromatic carbocycles. The second kappa shape index (κ2) is 6.10. The van der Waals surface area contributed by atoms with Crippen LogP contribution in [0.1, 0.15) is 23.7 Å². The fourth-order valence-electron chi connectivity index (χ4n) is 1.42. The smallest absolute Gasteiger partial charge is 0.336 e. The van der Waals surface area contributed by atoms with Gasteiger partial charge in [0.2, 0.25) is 5.91 Å². The standard InChI is InChI=1S/C11H12BrNO4S/c1-2-9(10(13)14)18(17)6-3-4-8(12)7(5-6)11(15)16/h3-5,9H,2H2,1H3,(H2,13,14)(H,15,16). The SMILES string of the molecule is CCC(C(N)=O)S(=O)c1ccc(Br)c(C(=O)O)c1. The number of carboxylic acid groups (broad SMARTS) is 1. The van der Waals surface area contributed by atoms with Gasteiger partial charge in [-0.05, 0) is 40.5 Å². The van der Waals surface area contributed by atoms with Crippen LogP contribution in [0.4, 0.5) is 0 Å². The van der Waals surface area contributed by atoms with Crippen LogP contribution in [0.2, 0.25) is 0 Å². The molecule has 0 aliphatic carbocycles. The fraction of sp³-hybridized carbons (Fsp3) is 0.273. The molecule has 0 spiro atoms. The molecular weight excluding hydrogens is 322 g/mol. The van der Waals surface area contributed by atoms with Crippen LogP contribution in [0.5, 0.6) is 0 Å². The minimum atomic E-state index is -1.65. The molecule has 18 heavy (non-hydrogen) atoms. The number of primary amides is 1. The Morgan fingerprint density at radius 3 is 2.56 bits per heavy atom. The average Bonchev–Trinajstić information content (AvgIpc) is 2.29. The van der Waals surface area contributed by atoms with Crippen molar-refractivity contribution in [1.29, 1.82) is 0 Å². The molecule has 0 radical (unpaired) electrons. The van der Waals surface area contributed by atoms with E-state index in [-0.39, 0.29) is 10.5 Å². The Kier molecular flexibility index (Phi) is 5.03. The highest BCUT2D eigenvalue weighted by Crippen LogP contribution is 2.22. The van der Waals surface area contributed by atoms with Crippen molar-refractivity contribution in [3.8, 4) is 0 Å². The third-order valence-electron chi connectivity index (χ3n) is 2.35. The monoisotopic (exact) mass is 333 g/mol. The van der Waals surface area contributed by atoms with Crippen molar-refractivity contribution < 1.29 is 18.9 Å². The lowest BCUT2D eigenvalue weighted by atomic mass is 10.2. The van der Waals surface area contributed by atoms with Crippen LogP contribution in [0.15, 0.2) is 27.6 Å². The number of rotatable bonds is 5. The average molecular weight is 334 g/mol. The second-order valence-corrected chi connectivity index (χ2v) is 6.03. The van der Waals surface area contributed by atoms with Crippen LogP contribution < -0.4 is 5.73 Å². The molecule has 0 saturated carbocycles. The number of carbonyl (C=O) groups is 2. The van der Waals surface area contributed by atoms with Crippen molar-refractivity contribution in [2.45, 2.75) is 23.5 Å². The molecule has 3 N–H and O–H groups in total. The minimum absolute atomic E-state index is 0.000161. The van der Waals surface area contributed by atoms with E-state index >= 15 is 0 Å². The van der Waals surface area contributed by atoms with Gasteiger partial charge in [-0.1, -0.05) is 6.92 Å². The molecule has 0 bridgehead atoms. The van der Waals surface area contributed by atoms with Gasteiger partial charge in [-0.2, -0.15) is 0 Å². The number of aromatic carboxylic acids is 1. The van der Waals surface area contributed by atoms with Gasteiger partial charge < -0.3 is 10.8 Å². The van der Waals surface area contributed by atoms with E-state index in [1.807, 2.05) is 0 Å². The zero-order valence-electron chi connectivity index (χ0n) is 9.55. The van der Waals surface area contributed by atoms with Gasteiger partial charge in [-0.3, -0.25) is 9.00 Å². The largest absolute Gasteiger partial charge is 0.478 e. The quantitative estimate of drug-likeness (QED) is 0.853. The second-order valence-electron chi connectivity index (χ2n) is 3.54. The zero-order chi connectivity index (χ0) is 13.9. The summed E-state index contributed by atoms with van der Waals surface area (Å²) in [6.45, 7) is 1.70. The van der Waals surface area contributed by atoms with Crippen LogP contribution in [-0.4, -0.2) is 26.4 Å². The molecular formula is C11H12BrNO4S. The van der Waals surface area contributed by atoms with Gasteiger partial charge in [0.15, 0.2) is 0 Å². The van der Waals surface area contributed by atoms with Gasteiger partial charge in [-0.15, -0.1) is 0 Å². The summed E-state index contributed by atoms with van der Waals surface area (Å²) in [6.07, 6.45) is 0.334. The summed E-state index contributed by atoms with van der Waals surface area (Å²) < 4.78 is 12.5. The number of amides is 1. The first-order valence-corrected chi connectivity index (χ1v) is 7.11.